The lowest BCUT2D eigenvalue weighted by Gasteiger charge is -2.42. The van der Waals surface area contributed by atoms with Crippen molar-refractivity contribution in [2.45, 2.75) is 25.2 Å². The predicted octanol–water partition coefficient (Wildman–Crippen LogP) is 1.05. The van der Waals surface area contributed by atoms with E-state index in [-0.39, 0.29) is 0 Å². The molecular weight excluding hydrogens is 142 g/mol. The maximum Gasteiger partial charge on any atom is 0.229 e. The maximum absolute atomic E-state index is 5.34. The first-order chi connectivity index (χ1) is 5.25. The van der Waals surface area contributed by atoms with Crippen LogP contribution in [0.4, 0.5) is 0 Å². The monoisotopic (exact) mass is 159 g/mol. The summed E-state index contributed by atoms with van der Waals surface area (Å²) in [5.41, 5.74) is 0. The van der Waals surface area contributed by atoms with E-state index in [4.69, 9.17) is 9.47 Å². The molecule has 0 aromatic carbocycles. The van der Waals surface area contributed by atoms with Crippen LogP contribution < -0.4 is 0 Å². The number of hydrogen-bond acceptors (Lipinski definition) is 3. The second-order valence-corrected chi connectivity index (χ2v) is 3.00. The normalized spacial score (nSPS) is 25.4. The zero-order valence-electron chi connectivity index (χ0n) is 7.59. The summed E-state index contributed by atoms with van der Waals surface area (Å²) in [5.74, 6) is -0.446. The molecule has 1 saturated heterocycles. The van der Waals surface area contributed by atoms with Crippen molar-refractivity contribution in [3.63, 3.8) is 0 Å². The summed E-state index contributed by atoms with van der Waals surface area (Å²) < 4.78 is 10.7. The molecule has 3 nitrogen and oxygen atoms in total. The Kier molecular flexibility index (Phi) is 2.87. The second-order valence-electron chi connectivity index (χ2n) is 3.00. The number of nitrogens with zero attached hydrogens (tertiary/aromatic N) is 1. The molecule has 1 aliphatic heterocycles. The van der Waals surface area contributed by atoms with Gasteiger partial charge in [-0.2, -0.15) is 0 Å². The highest BCUT2D eigenvalue weighted by Gasteiger charge is 2.36. The van der Waals surface area contributed by atoms with Gasteiger partial charge >= 0.3 is 0 Å². The molecule has 0 aromatic rings. The molecule has 0 spiro atoms. The molecule has 0 aromatic heterocycles. The van der Waals surface area contributed by atoms with E-state index in [0.29, 0.717) is 0 Å². The minimum Gasteiger partial charge on any atom is -0.341 e. The van der Waals surface area contributed by atoms with Crippen LogP contribution in [-0.4, -0.2) is 38.6 Å². The fraction of sp³-hybridized carbons (Fsp3) is 1.00. The molecule has 0 amide bonds. The molecule has 0 aliphatic carbocycles. The first-order valence-electron chi connectivity index (χ1n) is 4.07. The van der Waals surface area contributed by atoms with E-state index in [1.165, 1.54) is 12.8 Å². The van der Waals surface area contributed by atoms with Crippen LogP contribution in [0.25, 0.3) is 0 Å². The summed E-state index contributed by atoms with van der Waals surface area (Å²) >= 11 is 0. The van der Waals surface area contributed by atoms with Crippen molar-refractivity contribution in [2.75, 3.05) is 27.8 Å². The summed E-state index contributed by atoms with van der Waals surface area (Å²) in [7, 11) is 5.43. The highest BCUT2D eigenvalue weighted by Crippen LogP contribution is 2.27. The topological polar surface area (TPSA) is 21.7 Å². The molecule has 0 atom stereocenters. The maximum atomic E-state index is 5.34. The van der Waals surface area contributed by atoms with Gasteiger partial charge < -0.3 is 9.47 Å². The molecule has 66 valence electrons. The highest BCUT2D eigenvalue weighted by atomic mass is 16.7. The van der Waals surface area contributed by atoms with Crippen molar-refractivity contribution in [1.29, 1.82) is 0 Å². The molecular formula is C8H17NO2. The predicted molar refractivity (Wildman–Crippen MR) is 43.2 cm³/mol. The van der Waals surface area contributed by atoms with Crippen LogP contribution >= 0.6 is 0 Å². The van der Waals surface area contributed by atoms with Gasteiger partial charge in [-0.25, -0.2) is 0 Å². The largest absolute Gasteiger partial charge is 0.341 e. The number of likely N-dealkylation sites (tertiary alicyclic amines) is 1. The van der Waals surface area contributed by atoms with Crippen molar-refractivity contribution >= 4 is 0 Å². The van der Waals surface area contributed by atoms with Crippen LogP contribution in [0.2, 0.25) is 0 Å². The van der Waals surface area contributed by atoms with E-state index < -0.39 is 5.91 Å². The van der Waals surface area contributed by atoms with Gasteiger partial charge in [-0.05, 0) is 19.9 Å². The third kappa shape index (κ3) is 1.55. The molecule has 1 heterocycles. The van der Waals surface area contributed by atoms with E-state index in [1.807, 2.05) is 7.05 Å². The van der Waals surface area contributed by atoms with Crippen LogP contribution in [0, 0.1) is 0 Å². The fourth-order valence-corrected chi connectivity index (χ4v) is 1.66. The molecule has 11 heavy (non-hydrogen) atoms. The smallest absolute Gasteiger partial charge is 0.229 e. The highest BCUT2D eigenvalue weighted by molar-refractivity contribution is 4.74. The van der Waals surface area contributed by atoms with Gasteiger partial charge in [0.15, 0.2) is 0 Å². The van der Waals surface area contributed by atoms with Gasteiger partial charge in [-0.3, -0.25) is 4.90 Å². The average Bonchev–Trinajstić information content (AvgIpc) is 2.06. The molecule has 3 heteroatoms. The van der Waals surface area contributed by atoms with Crippen LogP contribution in [0.5, 0.6) is 0 Å². The first kappa shape index (κ1) is 8.97. The SMILES string of the molecule is COC1(OC)CCCCN1C. The summed E-state index contributed by atoms with van der Waals surface area (Å²) in [6, 6.07) is 0. The van der Waals surface area contributed by atoms with Crippen LogP contribution in [0.15, 0.2) is 0 Å². The number of ether oxygens (including phenoxy) is 2. The molecule has 0 N–H and O–H groups in total. The van der Waals surface area contributed by atoms with Crippen LogP contribution in [0.1, 0.15) is 19.3 Å². The molecule has 0 saturated carbocycles. The molecule has 0 radical (unpaired) electrons. The fourth-order valence-electron chi connectivity index (χ4n) is 1.66. The van der Waals surface area contributed by atoms with Gasteiger partial charge in [0.2, 0.25) is 5.91 Å². The van der Waals surface area contributed by atoms with Gasteiger partial charge in [0, 0.05) is 27.2 Å². The van der Waals surface area contributed by atoms with Gasteiger partial charge in [-0.15, -0.1) is 0 Å². The van der Waals surface area contributed by atoms with E-state index in [9.17, 15) is 0 Å². The van der Waals surface area contributed by atoms with Crippen molar-refractivity contribution in [3.05, 3.63) is 0 Å². The van der Waals surface area contributed by atoms with E-state index in [1.54, 1.807) is 14.2 Å². The van der Waals surface area contributed by atoms with E-state index >= 15 is 0 Å². The van der Waals surface area contributed by atoms with Gasteiger partial charge in [0.05, 0.1) is 0 Å². The number of rotatable bonds is 2. The molecule has 1 rings (SSSR count). The lowest BCUT2D eigenvalue weighted by Crippen LogP contribution is -2.52. The minimum absolute atomic E-state index is 0.446. The van der Waals surface area contributed by atoms with Crippen molar-refractivity contribution in [3.8, 4) is 0 Å². The Morgan fingerprint density at radius 3 is 2.18 bits per heavy atom. The van der Waals surface area contributed by atoms with E-state index in [2.05, 4.69) is 4.90 Å². The Morgan fingerprint density at radius 2 is 1.82 bits per heavy atom. The summed E-state index contributed by atoms with van der Waals surface area (Å²) in [4.78, 5) is 2.12. The Labute approximate surface area is 68.3 Å². The lowest BCUT2D eigenvalue weighted by molar-refractivity contribution is -0.301. The van der Waals surface area contributed by atoms with Gasteiger partial charge in [-0.1, -0.05) is 0 Å². The third-order valence-electron chi connectivity index (χ3n) is 2.46. The minimum atomic E-state index is -0.446. The Bertz CT molecular complexity index is 123. The summed E-state index contributed by atoms with van der Waals surface area (Å²) in [6.07, 6.45) is 3.40. The molecule has 1 fully saturated rings. The lowest BCUT2D eigenvalue weighted by atomic mass is 10.1. The standard InChI is InChI=1S/C8H17NO2/c1-9-7-5-4-6-8(9,10-2)11-3/h4-7H2,1-3H3. The Morgan fingerprint density at radius 1 is 1.18 bits per heavy atom. The molecule has 0 unspecified atom stereocenters. The van der Waals surface area contributed by atoms with E-state index in [0.717, 1.165) is 13.0 Å². The zero-order valence-corrected chi connectivity index (χ0v) is 7.59. The van der Waals surface area contributed by atoms with Crippen molar-refractivity contribution in [2.24, 2.45) is 0 Å². The van der Waals surface area contributed by atoms with Crippen LogP contribution in [-0.2, 0) is 9.47 Å². The van der Waals surface area contributed by atoms with Crippen molar-refractivity contribution in [1.82, 2.24) is 4.90 Å². The number of methoxy groups -OCH3 is 2. The molecule has 0 bridgehead atoms. The van der Waals surface area contributed by atoms with Gasteiger partial charge in [0.1, 0.15) is 0 Å². The Balaban J connectivity index is 2.61. The first-order valence-corrected chi connectivity index (χ1v) is 4.07. The summed E-state index contributed by atoms with van der Waals surface area (Å²) in [6.45, 7) is 1.06. The number of piperidine rings is 1. The van der Waals surface area contributed by atoms with Gasteiger partial charge in [0.25, 0.3) is 0 Å². The van der Waals surface area contributed by atoms with Crippen molar-refractivity contribution < 1.29 is 9.47 Å². The Hall–Kier alpha value is -0.120. The quantitative estimate of drug-likeness (QED) is 0.562. The molecule has 1 aliphatic rings. The second kappa shape index (κ2) is 3.52. The van der Waals surface area contributed by atoms with Crippen LogP contribution in [0.3, 0.4) is 0 Å². The number of hydrogen-bond donors (Lipinski definition) is 0. The zero-order chi connectivity index (χ0) is 8.32. The average molecular weight is 159 g/mol. The third-order valence-corrected chi connectivity index (χ3v) is 2.46. The summed E-state index contributed by atoms with van der Waals surface area (Å²) in [5, 5.41) is 0.